The van der Waals surface area contributed by atoms with Gasteiger partial charge in [-0.05, 0) is 30.9 Å². The van der Waals surface area contributed by atoms with Gasteiger partial charge in [-0.1, -0.05) is 26.0 Å². The number of amides is 2. The maximum absolute atomic E-state index is 12.1. The topological polar surface area (TPSA) is 126 Å². The maximum atomic E-state index is 12.1. The first-order valence-corrected chi connectivity index (χ1v) is 8.80. The lowest BCUT2D eigenvalue weighted by Crippen LogP contribution is -2.46. The molecule has 1 aromatic heterocycles. The number of anilines is 1. The van der Waals surface area contributed by atoms with E-state index in [4.69, 9.17) is 5.73 Å². The zero-order valence-electron chi connectivity index (χ0n) is 15.0. The number of nitrogens with two attached hydrogens (primary N) is 1. The van der Waals surface area contributed by atoms with Crippen molar-refractivity contribution in [3.05, 3.63) is 30.1 Å². The smallest absolute Gasteiger partial charge is 0.243 e. The Morgan fingerprint density at radius 1 is 1.35 bits per heavy atom. The van der Waals surface area contributed by atoms with Crippen LogP contribution in [0.15, 0.2) is 24.3 Å². The summed E-state index contributed by atoms with van der Waals surface area (Å²) < 4.78 is 0. The van der Waals surface area contributed by atoms with Crippen LogP contribution in [-0.2, 0) is 9.59 Å². The van der Waals surface area contributed by atoms with E-state index < -0.39 is 6.04 Å². The fourth-order valence-electron chi connectivity index (χ4n) is 2.47. The lowest BCUT2D eigenvalue weighted by atomic mass is 10.1. The first-order chi connectivity index (χ1) is 12.4. The second kappa shape index (κ2) is 7.65. The van der Waals surface area contributed by atoms with Crippen molar-refractivity contribution >= 4 is 17.5 Å². The van der Waals surface area contributed by atoms with Gasteiger partial charge < -0.3 is 16.4 Å². The molecule has 138 valence electrons. The summed E-state index contributed by atoms with van der Waals surface area (Å²) in [5, 5.41) is 12.5. The Hall–Kier alpha value is -2.74. The van der Waals surface area contributed by atoms with Crippen molar-refractivity contribution in [2.24, 2.45) is 11.7 Å². The molecule has 8 heteroatoms. The summed E-state index contributed by atoms with van der Waals surface area (Å²) in [4.78, 5) is 28.4. The molecule has 1 heterocycles. The molecule has 0 bridgehead atoms. The van der Waals surface area contributed by atoms with E-state index in [-0.39, 0.29) is 24.3 Å². The van der Waals surface area contributed by atoms with Crippen LogP contribution in [0.1, 0.15) is 38.4 Å². The molecule has 0 saturated heterocycles. The van der Waals surface area contributed by atoms with Crippen LogP contribution in [0.25, 0.3) is 11.4 Å². The molecule has 1 aromatic carbocycles. The summed E-state index contributed by atoms with van der Waals surface area (Å²) in [6.07, 6.45) is 2.30. The van der Waals surface area contributed by atoms with E-state index in [1.165, 1.54) is 0 Å². The van der Waals surface area contributed by atoms with Crippen LogP contribution < -0.4 is 16.4 Å². The minimum atomic E-state index is -0.627. The number of rotatable bonds is 7. The number of benzene rings is 1. The van der Waals surface area contributed by atoms with Crippen LogP contribution in [-0.4, -0.2) is 39.6 Å². The van der Waals surface area contributed by atoms with Crippen LogP contribution in [0.2, 0.25) is 0 Å². The van der Waals surface area contributed by atoms with Crippen LogP contribution in [0.4, 0.5) is 5.69 Å². The number of hydrogen-bond donors (Lipinski definition) is 4. The van der Waals surface area contributed by atoms with Gasteiger partial charge in [-0.2, -0.15) is 5.10 Å². The minimum absolute atomic E-state index is 0.0108. The molecule has 1 fully saturated rings. The van der Waals surface area contributed by atoms with Crippen LogP contribution in [0, 0.1) is 5.92 Å². The highest BCUT2D eigenvalue weighted by atomic mass is 16.2. The fourth-order valence-corrected chi connectivity index (χ4v) is 2.47. The zero-order chi connectivity index (χ0) is 18.7. The molecule has 3 rings (SSSR count). The number of carbonyl (C=O) groups excluding carboxylic acids is 2. The highest BCUT2D eigenvalue weighted by Gasteiger charge is 2.27. The van der Waals surface area contributed by atoms with Gasteiger partial charge >= 0.3 is 0 Å². The molecule has 26 heavy (non-hydrogen) atoms. The minimum Gasteiger partial charge on any atom is -0.346 e. The third-order valence-corrected chi connectivity index (χ3v) is 4.32. The Morgan fingerprint density at radius 2 is 2.12 bits per heavy atom. The molecule has 5 N–H and O–H groups in total. The molecule has 1 aliphatic carbocycles. The van der Waals surface area contributed by atoms with Crippen LogP contribution in [0.5, 0.6) is 0 Å². The van der Waals surface area contributed by atoms with Crippen molar-refractivity contribution in [3.63, 3.8) is 0 Å². The van der Waals surface area contributed by atoms with E-state index in [0.717, 1.165) is 24.2 Å². The Bertz CT molecular complexity index is 796. The van der Waals surface area contributed by atoms with E-state index >= 15 is 0 Å². The molecule has 8 nitrogen and oxygen atoms in total. The number of aromatic amines is 1. The van der Waals surface area contributed by atoms with Crippen molar-refractivity contribution in [2.45, 2.75) is 38.6 Å². The fraction of sp³-hybridized carbons (Fsp3) is 0.444. The quantitative estimate of drug-likeness (QED) is 0.596. The Balaban J connectivity index is 1.57. The molecule has 1 atom stereocenters. The zero-order valence-corrected chi connectivity index (χ0v) is 15.0. The van der Waals surface area contributed by atoms with Gasteiger partial charge in [0.1, 0.15) is 5.82 Å². The molecule has 2 aromatic rings. The average molecular weight is 356 g/mol. The highest BCUT2D eigenvalue weighted by molar-refractivity contribution is 5.95. The summed E-state index contributed by atoms with van der Waals surface area (Å²) in [7, 11) is 0. The SMILES string of the molecule is CC(C)[C@H](N)C(=O)NCC(=O)Nc1cccc(-c2n[nH]c(C3CC3)n2)c1. The van der Waals surface area contributed by atoms with Gasteiger partial charge in [0.25, 0.3) is 0 Å². The first-order valence-electron chi connectivity index (χ1n) is 8.80. The maximum Gasteiger partial charge on any atom is 0.243 e. The first kappa shape index (κ1) is 18.1. The number of H-pyrrole nitrogens is 1. The lowest BCUT2D eigenvalue weighted by Gasteiger charge is -2.15. The van der Waals surface area contributed by atoms with E-state index in [1.54, 1.807) is 12.1 Å². The van der Waals surface area contributed by atoms with E-state index in [0.29, 0.717) is 17.4 Å². The number of aromatic nitrogens is 3. The molecule has 1 aliphatic rings. The van der Waals surface area contributed by atoms with Crippen molar-refractivity contribution in [2.75, 3.05) is 11.9 Å². The molecule has 0 spiro atoms. The summed E-state index contributed by atoms with van der Waals surface area (Å²) in [6, 6.07) is 6.67. The standard InChI is InChI=1S/C18H24N6O2/c1-10(2)15(19)18(26)20-9-14(25)21-13-5-3-4-12(8-13)17-22-16(23-24-17)11-6-7-11/h3-5,8,10-11,15H,6-7,9,19H2,1-2H3,(H,20,26)(H,21,25)(H,22,23,24)/t15-/m0/s1. The van der Waals surface area contributed by atoms with E-state index in [1.807, 2.05) is 26.0 Å². The molecule has 0 unspecified atom stereocenters. The third-order valence-electron chi connectivity index (χ3n) is 4.32. The van der Waals surface area contributed by atoms with Gasteiger partial charge in [-0.15, -0.1) is 0 Å². The van der Waals surface area contributed by atoms with E-state index in [9.17, 15) is 9.59 Å². The van der Waals surface area contributed by atoms with Gasteiger partial charge in [0.15, 0.2) is 5.82 Å². The van der Waals surface area contributed by atoms with Gasteiger partial charge in [-0.25, -0.2) is 4.98 Å². The number of carbonyl (C=O) groups is 2. The van der Waals surface area contributed by atoms with Gasteiger partial charge in [-0.3, -0.25) is 14.7 Å². The van der Waals surface area contributed by atoms with Gasteiger partial charge in [0.2, 0.25) is 11.8 Å². The van der Waals surface area contributed by atoms with Gasteiger partial charge in [0, 0.05) is 17.2 Å². The Kier molecular flexibility index (Phi) is 5.32. The summed E-state index contributed by atoms with van der Waals surface area (Å²) in [6.45, 7) is 3.58. The van der Waals surface area contributed by atoms with Crippen molar-refractivity contribution in [1.82, 2.24) is 20.5 Å². The predicted molar refractivity (Wildman–Crippen MR) is 98.2 cm³/mol. The normalized spacial score (nSPS) is 14.9. The predicted octanol–water partition coefficient (Wildman–Crippen LogP) is 1.39. The monoisotopic (exact) mass is 356 g/mol. The van der Waals surface area contributed by atoms with Crippen LogP contribution in [0.3, 0.4) is 0 Å². The van der Waals surface area contributed by atoms with Gasteiger partial charge in [0.05, 0.1) is 12.6 Å². The van der Waals surface area contributed by atoms with Crippen molar-refractivity contribution < 1.29 is 9.59 Å². The largest absolute Gasteiger partial charge is 0.346 e. The molecule has 0 aliphatic heterocycles. The van der Waals surface area contributed by atoms with Crippen LogP contribution >= 0.6 is 0 Å². The number of nitrogens with one attached hydrogen (secondary N) is 3. The molecular weight excluding hydrogens is 332 g/mol. The third kappa shape index (κ3) is 4.45. The average Bonchev–Trinajstić information content (AvgIpc) is 3.36. The summed E-state index contributed by atoms with van der Waals surface area (Å²) in [5.74, 6) is 1.38. The highest BCUT2D eigenvalue weighted by Crippen LogP contribution is 2.38. The Labute approximate surface area is 152 Å². The van der Waals surface area contributed by atoms with Crippen molar-refractivity contribution in [3.8, 4) is 11.4 Å². The second-order valence-corrected chi connectivity index (χ2v) is 6.94. The molecule has 2 amide bonds. The summed E-state index contributed by atoms with van der Waals surface area (Å²) in [5.41, 5.74) is 7.18. The van der Waals surface area contributed by atoms with Crippen molar-refractivity contribution in [1.29, 1.82) is 0 Å². The molecule has 0 radical (unpaired) electrons. The molecule has 1 saturated carbocycles. The molecular formula is C18H24N6O2. The summed E-state index contributed by atoms with van der Waals surface area (Å²) >= 11 is 0. The number of nitrogens with zero attached hydrogens (tertiary/aromatic N) is 2. The number of hydrogen-bond acceptors (Lipinski definition) is 5. The lowest BCUT2D eigenvalue weighted by molar-refractivity contribution is -0.125. The Morgan fingerprint density at radius 3 is 2.81 bits per heavy atom. The second-order valence-electron chi connectivity index (χ2n) is 6.94. The van der Waals surface area contributed by atoms with E-state index in [2.05, 4.69) is 25.8 Å².